The first-order valence-electron chi connectivity index (χ1n) is 10.1. The van der Waals surface area contributed by atoms with Gasteiger partial charge in [-0.15, -0.1) is 5.10 Å². The molecule has 1 aliphatic rings. The highest BCUT2D eigenvalue weighted by Gasteiger charge is 2.16. The van der Waals surface area contributed by atoms with Crippen molar-refractivity contribution in [2.24, 2.45) is 0 Å². The predicted octanol–water partition coefficient (Wildman–Crippen LogP) is 3.86. The van der Waals surface area contributed by atoms with Gasteiger partial charge in [-0.2, -0.15) is 0 Å². The summed E-state index contributed by atoms with van der Waals surface area (Å²) in [7, 11) is 0. The first-order valence-corrected chi connectivity index (χ1v) is 10.1. The van der Waals surface area contributed by atoms with Crippen molar-refractivity contribution in [2.45, 2.75) is 51.6 Å². The summed E-state index contributed by atoms with van der Waals surface area (Å²) in [6.45, 7) is 1.98. The number of benzene rings is 2. The fourth-order valence-electron chi connectivity index (χ4n) is 3.66. The van der Waals surface area contributed by atoms with Gasteiger partial charge in [0.15, 0.2) is 0 Å². The van der Waals surface area contributed by atoms with E-state index in [-0.39, 0.29) is 5.91 Å². The monoisotopic (exact) mass is 391 g/mol. The predicted molar refractivity (Wildman–Crippen MR) is 110 cm³/mol. The molecule has 7 nitrogen and oxygen atoms in total. The number of aromatic nitrogens is 4. The van der Waals surface area contributed by atoms with Crippen molar-refractivity contribution in [3.63, 3.8) is 0 Å². The van der Waals surface area contributed by atoms with Crippen LogP contribution in [0.5, 0.6) is 5.75 Å². The number of nitrogens with one attached hydrogen (secondary N) is 1. The maximum absolute atomic E-state index is 12.4. The van der Waals surface area contributed by atoms with Crippen LogP contribution in [0.2, 0.25) is 0 Å². The molecule has 0 bridgehead atoms. The van der Waals surface area contributed by atoms with Crippen LogP contribution in [0.4, 0.5) is 5.69 Å². The summed E-state index contributed by atoms with van der Waals surface area (Å²) in [6.07, 6.45) is 7.71. The zero-order valence-electron chi connectivity index (χ0n) is 16.5. The largest absolute Gasteiger partial charge is 0.490 e. The Hall–Kier alpha value is -3.22. The number of nitrogens with zero attached hydrogens (tertiary/aromatic N) is 4. The van der Waals surface area contributed by atoms with Crippen LogP contribution in [-0.2, 0) is 11.2 Å². The van der Waals surface area contributed by atoms with Gasteiger partial charge in [-0.1, -0.05) is 18.2 Å². The Labute approximate surface area is 170 Å². The van der Waals surface area contributed by atoms with Gasteiger partial charge in [0.2, 0.25) is 5.91 Å². The maximum atomic E-state index is 12.4. The molecule has 0 saturated heterocycles. The van der Waals surface area contributed by atoms with E-state index in [0.29, 0.717) is 18.9 Å². The minimum Gasteiger partial charge on any atom is -0.490 e. The molecule has 29 heavy (non-hydrogen) atoms. The van der Waals surface area contributed by atoms with Crippen molar-refractivity contribution < 1.29 is 9.53 Å². The number of anilines is 1. The molecule has 1 heterocycles. The second kappa shape index (κ2) is 8.86. The van der Waals surface area contributed by atoms with Crippen molar-refractivity contribution in [1.82, 2.24) is 20.2 Å². The third kappa shape index (κ3) is 4.99. The van der Waals surface area contributed by atoms with Gasteiger partial charge in [0.05, 0.1) is 11.8 Å². The van der Waals surface area contributed by atoms with Crippen LogP contribution in [0, 0.1) is 6.92 Å². The van der Waals surface area contributed by atoms with Gasteiger partial charge in [0.1, 0.15) is 12.1 Å². The molecule has 1 aromatic heterocycles. The number of aryl methyl sites for hydroxylation is 2. The van der Waals surface area contributed by atoms with Gasteiger partial charge in [-0.05, 0) is 84.8 Å². The van der Waals surface area contributed by atoms with E-state index in [9.17, 15) is 4.79 Å². The van der Waals surface area contributed by atoms with Crippen molar-refractivity contribution in [3.8, 4) is 11.4 Å². The molecule has 150 valence electrons. The van der Waals surface area contributed by atoms with Crippen LogP contribution < -0.4 is 10.1 Å². The van der Waals surface area contributed by atoms with Crippen molar-refractivity contribution >= 4 is 11.6 Å². The second-order valence-electron chi connectivity index (χ2n) is 7.48. The zero-order chi connectivity index (χ0) is 20.1. The Bertz CT molecular complexity index is 965. The van der Waals surface area contributed by atoms with Gasteiger partial charge in [-0.3, -0.25) is 4.79 Å². The highest BCUT2D eigenvalue weighted by Crippen LogP contribution is 2.25. The number of tetrazole rings is 1. The SMILES string of the molecule is Cc1ccc(NC(=O)CCc2cccc(OC3CCCC3)c2)cc1-n1cnnn1. The molecule has 0 unspecified atom stereocenters. The molecule has 4 rings (SSSR count). The Kier molecular flexibility index (Phi) is 5.84. The number of hydrogen-bond acceptors (Lipinski definition) is 5. The van der Waals surface area contributed by atoms with E-state index in [4.69, 9.17) is 4.74 Å². The standard InChI is InChI=1S/C22H25N5O2/c1-16-9-11-18(14-21(16)27-15-23-25-26-27)24-22(28)12-10-17-5-4-8-20(13-17)29-19-6-2-3-7-19/h4-5,8-9,11,13-15,19H,2-3,6-7,10,12H2,1H3,(H,24,28). The summed E-state index contributed by atoms with van der Waals surface area (Å²) >= 11 is 0. The minimum atomic E-state index is -0.0290. The Morgan fingerprint density at radius 1 is 1.21 bits per heavy atom. The van der Waals surface area contributed by atoms with Gasteiger partial charge in [0, 0.05) is 12.1 Å². The lowest BCUT2D eigenvalue weighted by Crippen LogP contribution is -2.13. The summed E-state index contributed by atoms with van der Waals surface area (Å²) in [5.41, 5.74) is 3.69. The van der Waals surface area contributed by atoms with Gasteiger partial charge in [0.25, 0.3) is 0 Å². The summed E-state index contributed by atoms with van der Waals surface area (Å²) in [6, 6.07) is 13.8. The van der Waals surface area contributed by atoms with Gasteiger partial charge >= 0.3 is 0 Å². The van der Waals surface area contributed by atoms with Gasteiger partial charge < -0.3 is 10.1 Å². The van der Waals surface area contributed by atoms with E-state index >= 15 is 0 Å². The zero-order valence-corrected chi connectivity index (χ0v) is 16.5. The van der Waals surface area contributed by atoms with E-state index in [1.54, 1.807) is 4.68 Å². The quantitative estimate of drug-likeness (QED) is 0.661. The second-order valence-corrected chi connectivity index (χ2v) is 7.48. The molecule has 1 N–H and O–H groups in total. The number of ether oxygens (including phenoxy) is 1. The number of rotatable bonds is 7. The molecular formula is C22H25N5O2. The van der Waals surface area contributed by atoms with Crippen LogP contribution in [0.25, 0.3) is 5.69 Å². The van der Waals surface area contributed by atoms with Crippen LogP contribution in [-0.4, -0.2) is 32.2 Å². The average Bonchev–Trinajstić information content (AvgIpc) is 3.42. The van der Waals surface area contributed by atoms with E-state index in [1.165, 1.54) is 19.2 Å². The van der Waals surface area contributed by atoms with E-state index in [1.807, 2.05) is 49.4 Å². The van der Waals surface area contributed by atoms with Crippen molar-refractivity contribution in [1.29, 1.82) is 0 Å². The van der Waals surface area contributed by atoms with Crippen LogP contribution >= 0.6 is 0 Å². The molecule has 0 atom stereocenters. The van der Waals surface area contributed by atoms with E-state index in [0.717, 1.165) is 41.1 Å². The topological polar surface area (TPSA) is 81.9 Å². The number of amides is 1. The first-order chi connectivity index (χ1) is 14.2. The lowest BCUT2D eigenvalue weighted by atomic mass is 10.1. The lowest BCUT2D eigenvalue weighted by molar-refractivity contribution is -0.116. The molecule has 0 radical (unpaired) electrons. The molecule has 1 saturated carbocycles. The third-order valence-electron chi connectivity index (χ3n) is 5.23. The molecule has 2 aromatic carbocycles. The molecule has 0 aliphatic heterocycles. The molecule has 7 heteroatoms. The summed E-state index contributed by atoms with van der Waals surface area (Å²) in [5, 5.41) is 14.2. The van der Waals surface area contributed by atoms with Crippen LogP contribution in [0.1, 0.15) is 43.2 Å². The number of carbonyl (C=O) groups is 1. The summed E-state index contributed by atoms with van der Waals surface area (Å²) in [4.78, 5) is 12.4. The fourth-order valence-corrected chi connectivity index (χ4v) is 3.66. The average molecular weight is 391 g/mol. The first kappa shape index (κ1) is 19.1. The van der Waals surface area contributed by atoms with Crippen LogP contribution in [0.3, 0.4) is 0 Å². The summed E-state index contributed by atoms with van der Waals surface area (Å²) < 4.78 is 7.64. The third-order valence-corrected chi connectivity index (χ3v) is 5.23. The maximum Gasteiger partial charge on any atom is 0.224 e. The minimum absolute atomic E-state index is 0.0290. The van der Waals surface area contributed by atoms with Crippen molar-refractivity contribution in [3.05, 3.63) is 59.9 Å². The smallest absolute Gasteiger partial charge is 0.224 e. The van der Waals surface area contributed by atoms with E-state index < -0.39 is 0 Å². The normalized spacial score (nSPS) is 14.1. The Balaban J connectivity index is 1.34. The van der Waals surface area contributed by atoms with Crippen LogP contribution in [0.15, 0.2) is 48.8 Å². The molecule has 1 fully saturated rings. The highest BCUT2D eigenvalue weighted by molar-refractivity contribution is 5.91. The molecule has 1 amide bonds. The molecule has 1 aliphatic carbocycles. The van der Waals surface area contributed by atoms with Gasteiger partial charge in [-0.25, -0.2) is 4.68 Å². The van der Waals surface area contributed by atoms with E-state index in [2.05, 4.69) is 20.8 Å². The Morgan fingerprint density at radius 3 is 2.86 bits per heavy atom. The number of hydrogen-bond donors (Lipinski definition) is 1. The molecule has 0 spiro atoms. The fraction of sp³-hybridized carbons (Fsp3) is 0.364. The summed E-state index contributed by atoms with van der Waals surface area (Å²) in [5.74, 6) is 0.873. The lowest BCUT2D eigenvalue weighted by Gasteiger charge is -2.14. The Morgan fingerprint density at radius 2 is 2.07 bits per heavy atom. The van der Waals surface area contributed by atoms with Crippen molar-refractivity contribution in [2.75, 3.05) is 5.32 Å². The molecule has 3 aromatic rings. The molecular weight excluding hydrogens is 366 g/mol. The highest BCUT2D eigenvalue weighted by atomic mass is 16.5. The number of carbonyl (C=O) groups excluding carboxylic acids is 1.